The first-order valence-electron chi connectivity index (χ1n) is 9.10. The molecule has 1 aliphatic rings. The standard InChI is InChI=1S/C20H24N2O5S/c1-3-17(22(28(2,24)25)15-9-5-4-6-10-15)20(23)21-13-16-14-26-18-11-7-8-12-19(18)27-16/h4-12,16-17H,3,13-14H2,1-2H3,(H,21,23). The highest BCUT2D eigenvalue weighted by atomic mass is 32.2. The lowest BCUT2D eigenvalue weighted by molar-refractivity contribution is -0.122. The second-order valence-electron chi connectivity index (χ2n) is 6.56. The lowest BCUT2D eigenvalue weighted by Crippen LogP contribution is -2.51. The van der Waals surface area contributed by atoms with Crippen LogP contribution in [-0.4, -0.2) is 45.9 Å². The Morgan fingerprint density at radius 1 is 1.14 bits per heavy atom. The van der Waals surface area contributed by atoms with Gasteiger partial charge in [-0.3, -0.25) is 9.10 Å². The van der Waals surface area contributed by atoms with Crippen molar-refractivity contribution in [1.82, 2.24) is 5.32 Å². The summed E-state index contributed by atoms with van der Waals surface area (Å²) in [6.07, 6.45) is 1.09. The van der Waals surface area contributed by atoms with E-state index in [2.05, 4.69) is 5.32 Å². The number of para-hydroxylation sites is 3. The molecular formula is C20H24N2O5S. The van der Waals surface area contributed by atoms with Gasteiger partial charge in [0.1, 0.15) is 18.8 Å². The van der Waals surface area contributed by atoms with E-state index in [0.29, 0.717) is 30.2 Å². The molecule has 0 saturated heterocycles. The summed E-state index contributed by atoms with van der Waals surface area (Å²) in [4.78, 5) is 12.8. The van der Waals surface area contributed by atoms with E-state index in [-0.39, 0.29) is 18.6 Å². The Hall–Kier alpha value is -2.74. The van der Waals surface area contributed by atoms with Crippen LogP contribution in [0.1, 0.15) is 13.3 Å². The summed E-state index contributed by atoms with van der Waals surface area (Å²) in [7, 11) is -3.64. The van der Waals surface area contributed by atoms with Gasteiger partial charge in [-0.2, -0.15) is 0 Å². The number of nitrogens with zero attached hydrogens (tertiary/aromatic N) is 1. The van der Waals surface area contributed by atoms with E-state index >= 15 is 0 Å². The predicted octanol–water partition coefficient (Wildman–Crippen LogP) is 2.19. The SMILES string of the molecule is CCC(C(=O)NCC1COc2ccccc2O1)N(c1ccccc1)S(C)(=O)=O. The molecule has 0 aliphatic carbocycles. The largest absolute Gasteiger partial charge is 0.486 e. The highest BCUT2D eigenvalue weighted by molar-refractivity contribution is 7.92. The van der Waals surface area contributed by atoms with Crippen LogP contribution >= 0.6 is 0 Å². The Kier molecular flexibility index (Phi) is 6.08. The normalized spacial score (nSPS) is 16.9. The van der Waals surface area contributed by atoms with Gasteiger partial charge in [-0.05, 0) is 30.7 Å². The topological polar surface area (TPSA) is 84.9 Å². The monoisotopic (exact) mass is 404 g/mol. The number of sulfonamides is 1. The number of carbonyl (C=O) groups is 1. The van der Waals surface area contributed by atoms with Crippen LogP contribution in [-0.2, 0) is 14.8 Å². The van der Waals surface area contributed by atoms with E-state index in [1.54, 1.807) is 43.3 Å². The Morgan fingerprint density at radius 3 is 2.43 bits per heavy atom. The van der Waals surface area contributed by atoms with Gasteiger partial charge in [-0.25, -0.2) is 8.42 Å². The first-order valence-corrected chi connectivity index (χ1v) is 11.0. The molecule has 2 aromatic carbocycles. The molecule has 7 nitrogen and oxygen atoms in total. The van der Waals surface area contributed by atoms with Crippen molar-refractivity contribution in [1.29, 1.82) is 0 Å². The Balaban J connectivity index is 1.69. The lowest BCUT2D eigenvalue weighted by atomic mass is 10.2. The van der Waals surface area contributed by atoms with Crippen molar-refractivity contribution in [3.05, 3.63) is 54.6 Å². The van der Waals surface area contributed by atoms with Crippen LogP contribution in [0.5, 0.6) is 11.5 Å². The number of hydrogen-bond donors (Lipinski definition) is 1. The predicted molar refractivity (Wildman–Crippen MR) is 107 cm³/mol. The third-order valence-electron chi connectivity index (χ3n) is 4.41. The fraction of sp³-hybridized carbons (Fsp3) is 0.350. The fourth-order valence-corrected chi connectivity index (χ4v) is 4.34. The molecule has 0 aromatic heterocycles. The average Bonchev–Trinajstić information content (AvgIpc) is 2.69. The van der Waals surface area contributed by atoms with E-state index in [1.807, 2.05) is 18.2 Å². The van der Waals surface area contributed by atoms with Gasteiger partial charge in [-0.15, -0.1) is 0 Å². The van der Waals surface area contributed by atoms with E-state index in [1.165, 1.54) is 0 Å². The van der Waals surface area contributed by atoms with Gasteiger partial charge in [0.2, 0.25) is 15.9 Å². The van der Waals surface area contributed by atoms with E-state index in [4.69, 9.17) is 9.47 Å². The molecule has 28 heavy (non-hydrogen) atoms. The van der Waals surface area contributed by atoms with E-state index in [9.17, 15) is 13.2 Å². The molecule has 0 saturated carbocycles. The van der Waals surface area contributed by atoms with Crippen molar-refractivity contribution in [2.24, 2.45) is 0 Å². The molecule has 1 heterocycles. The molecule has 1 N–H and O–H groups in total. The fourth-order valence-electron chi connectivity index (χ4n) is 3.13. The van der Waals surface area contributed by atoms with Gasteiger partial charge in [0.25, 0.3) is 0 Å². The number of fused-ring (bicyclic) bond motifs is 1. The summed E-state index contributed by atoms with van der Waals surface area (Å²) < 4.78 is 37.4. The molecule has 1 aliphatic heterocycles. The molecule has 0 spiro atoms. The van der Waals surface area contributed by atoms with Gasteiger partial charge >= 0.3 is 0 Å². The van der Waals surface area contributed by atoms with Crippen LogP contribution in [0.2, 0.25) is 0 Å². The Labute approximate surface area is 165 Å². The molecule has 2 atom stereocenters. The number of carbonyl (C=O) groups excluding carboxylic acids is 1. The van der Waals surface area contributed by atoms with Crippen molar-refractivity contribution >= 4 is 21.6 Å². The maximum atomic E-state index is 12.8. The van der Waals surface area contributed by atoms with Gasteiger partial charge in [0, 0.05) is 0 Å². The second kappa shape index (κ2) is 8.52. The summed E-state index contributed by atoms with van der Waals surface area (Å²) in [5.41, 5.74) is 0.457. The van der Waals surface area contributed by atoms with Gasteiger partial charge in [0.15, 0.2) is 11.5 Å². The number of hydrogen-bond acceptors (Lipinski definition) is 5. The first kappa shape index (κ1) is 20.0. The maximum absolute atomic E-state index is 12.8. The average molecular weight is 404 g/mol. The Bertz CT molecular complexity index is 917. The maximum Gasteiger partial charge on any atom is 0.244 e. The van der Waals surface area contributed by atoms with Gasteiger partial charge < -0.3 is 14.8 Å². The molecule has 2 unspecified atom stereocenters. The van der Waals surface area contributed by atoms with Crippen LogP contribution in [0.25, 0.3) is 0 Å². The minimum Gasteiger partial charge on any atom is -0.486 e. The van der Waals surface area contributed by atoms with Crippen LogP contribution in [0.15, 0.2) is 54.6 Å². The summed E-state index contributed by atoms with van der Waals surface area (Å²) >= 11 is 0. The zero-order valence-corrected chi connectivity index (χ0v) is 16.7. The van der Waals surface area contributed by atoms with Crippen LogP contribution < -0.4 is 19.1 Å². The number of amides is 1. The molecule has 0 radical (unpaired) electrons. The van der Waals surface area contributed by atoms with Crippen LogP contribution in [0.4, 0.5) is 5.69 Å². The molecule has 8 heteroatoms. The highest BCUT2D eigenvalue weighted by Gasteiger charge is 2.32. The first-order chi connectivity index (χ1) is 13.4. The lowest BCUT2D eigenvalue weighted by Gasteiger charge is -2.31. The Morgan fingerprint density at radius 2 is 1.79 bits per heavy atom. The summed E-state index contributed by atoms with van der Waals surface area (Å²) in [5, 5.41) is 2.81. The zero-order valence-electron chi connectivity index (χ0n) is 15.9. The molecule has 150 valence electrons. The summed E-state index contributed by atoms with van der Waals surface area (Å²) in [6, 6.07) is 15.1. The smallest absolute Gasteiger partial charge is 0.244 e. The minimum atomic E-state index is -3.64. The molecule has 2 aromatic rings. The van der Waals surface area contributed by atoms with E-state index in [0.717, 1.165) is 10.6 Å². The molecular weight excluding hydrogens is 380 g/mol. The number of nitrogens with one attached hydrogen (secondary N) is 1. The van der Waals surface area contributed by atoms with Crippen molar-refractivity contribution in [2.75, 3.05) is 23.7 Å². The highest BCUT2D eigenvalue weighted by Crippen LogP contribution is 2.30. The van der Waals surface area contributed by atoms with Crippen molar-refractivity contribution < 1.29 is 22.7 Å². The molecule has 0 bridgehead atoms. The van der Waals surface area contributed by atoms with Crippen molar-refractivity contribution in [3.8, 4) is 11.5 Å². The third-order valence-corrected chi connectivity index (χ3v) is 5.59. The summed E-state index contributed by atoms with van der Waals surface area (Å²) in [6.45, 7) is 2.31. The number of benzene rings is 2. The third kappa shape index (κ3) is 4.56. The molecule has 3 rings (SSSR count). The number of anilines is 1. The van der Waals surface area contributed by atoms with Crippen LogP contribution in [0, 0.1) is 0 Å². The van der Waals surface area contributed by atoms with E-state index < -0.39 is 16.1 Å². The minimum absolute atomic E-state index is 0.218. The van der Waals surface area contributed by atoms with Crippen molar-refractivity contribution in [3.63, 3.8) is 0 Å². The van der Waals surface area contributed by atoms with Gasteiger partial charge in [-0.1, -0.05) is 37.3 Å². The summed E-state index contributed by atoms with van der Waals surface area (Å²) in [5.74, 6) is 0.921. The molecule has 0 fully saturated rings. The second-order valence-corrected chi connectivity index (χ2v) is 8.42. The van der Waals surface area contributed by atoms with Crippen molar-refractivity contribution in [2.45, 2.75) is 25.5 Å². The van der Waals surface area contributed by atoms with Crippen LogP contribution in [0.3, 0.4) is 0 Å². The number of rotatable bonds is 7. The number of ether oxygens (including phenoxy) is 2. The quantitative estimate of drug-likeness (QED) is 0.765. The zero-order chi connectivity index (χ0) is 20.1. The van der Waals surface area contributed by atoms with Gasteiger partial charge in [0.05, 0.1) is 18.5 Å². The molecule has 1 amide bonds.